The lowest BCUT2D eigenvalue weighted by Gasteiger charge is -2.08. The van der Waals surface area contributed by atoms with Crippen LogP contribution in [0.4, 0.5) is 0 Å². The van der Waals surface area contributed by atoms with Gasteiger partial charge in [0.2, 0.25) is 0 Å². The standard InChI is InChI=1S/C14H20OS/c1-5-12(4)16-9-14(15)13-7-10(2)6-11(3)8-13/h6-8,12H,5,9H2,1-4H3. The Morgan fingerprint density at radius 2 is 1.81 bits per heavy atom. The molecule has 88 valence electrons. The Hall–Kier alpha value is -0.760. The number of carbonyl (C=O) groups is 1. The van der Waals surface area contributed by atoms with Crippen LogP contribution in [0.1, 0.15) is 41.8 Å². The first kappa shape index (κ1) is 13.3. The maximum absolute atomic E-state index is 11.9. The van der Waals surface area contributed by atoms with Crippen molar-refractivity contribution in [2.75, 3.05) is 5.75 Å². The largest absolute Gasteiger partial charge is 0.293 e. The Bertz CT molecular complexity index is 351. The average Bonchev–Trinajstić information content (AvgIpc) is 2.23. The molecule has 1 aromatic rings. The van der Waals surface area contributed by atoms with E-state index in [1.54, 1.807) is 11.8 Å². The van der Waals surface area contributed by atoms with Crippen molar-refractivity contribution in [3.63, 3.8) is 0 Å². The molecule has 0 saturated carbocycles. The fourth-order valence-corrected chi connectivity index (χ4v) is 2.39. The van der Waals surface area contributed by atoms with Crippen LogP contribution < -0.4 is 0 Å². The third-order valence-electron chi connectivity index (χ3n) is 2.62. The van der Waals surface area contributed by atoms with E-state index in [1.165, 1.54) is 0 Å². The van der Waals surface area contributed by atoms with Gasteiger partial charge >= 0.3 is 0 Å². The van der Waals surface area contributed by atoms with Gasteiger partial charge in [-0.2, -0.15) is 11.8 Å². The van der Waals surface area contributed by atoms with E-state index >= 15 is 0 Å². The van der Waals surface area contributed by atoms with Crippen molar-refractivity contribution in [3.05, 3.63) is 34.9 Å². The number of Topliss-reactive ketones (excluding diaryl/α,β-unsaturated/α-hetero) is 1. The van der Waals surface area contributed by atoms with Crippen molar-refractivity contribution in [3.8, 4) is 0 Å². The van der Waals surface area contributed by atoms with Gasteiger partial charge in [-0.25, -0.2) is 0 Å². The van der Waals surface area contributed by atoms with E-state index in [9.17, 15) is 4.79 Å². The maximum Gasteiger partial charge on any atom is 0.172 e. The second kappa shape index (κ2) is 6.09. The van der Waals surface area contributed by atoms with E-state index in [4.69, 9.17) is 0 Å². The monoisotopic (exact) mass is 236 g/mol. The van der Waals surface area contributed by atoms with Crippen LogP contribution in [-0.2, 0) is 0 Å². The summed E-state index contributed by atoms with van der Waals surface area (Å²) >= 11 is 1.74. The van der Waals surface area contributed by atoms with Crippen LogP contribution in [0.15, 0.2) is 18.2 Å². The van der Waals surface area contributed by atoms with Crippen molar-refractivity contribution in [2.24, 2.45) is 0 Å². The molecule has 0 aliphatic carbocycles. The number of thioether (sulfide) groups is 1. The Morgan fingerprint density at radius 1 is 1.25 bits per heavy atom. The van der Waals surface area contributed by atoms with Crippen LogP contribution in [0, 0.1) is 13.8 Å². The highest BCUT2D eigenvalue weighted by molar-refractivity contribution is 8.00. The number of benzene rings is 1. The van der Waals surface area contributed by atoms with Gasteiger partial charge in [0, 0.05) is 10.8 Å². The zero-order chi connectivity index (χ0) is 12.1. The van der Waals surface area contributed by atoms with Crippen LogP contribution >= 0.6 is 11.8 Å². The minimum atomic E-state index is 0.247. The molecule has 1 aromatic carbocycles. The van der Waals surface area contributed by atoms with Crippen molar-refractivity contribution in [1.82, 2.24) is 0 Å². The first-order chi connectivity index (χ1) is 7.52. The molecule has 0 spiro atoms. The molecule has 0 saturated heterocycles. The molecule has 1 unspecified atom stereocenters. The lowest BCUT2D eigenvalue weighted by atomic mass is 10.1. The number of carbonyl (C=O) groups excluding carboxylic acids is 1. The average molecular weight is 236 g/mol. The van der Waals surface area contributed by atoms with Gasteiger partial charge < -0.3 is 0 Å². The summed E-state index contributed by atoms with van der Waals surface area (Å²) in [5, 5.41) is 0.565. The van der Waals surface area contributed by atoms with Crippen molar-refractivity contribution in [2.45, 2.75) is 39.4 Å². The molecule has 0 fully saturated rings. The fourth-order valence-electron chi connectivity index (χ4n) is 1.55. The molecule has 1 atom stereocenters. The molecule has 0 N–H and O–H groups in total. The molecule has 0 aliphatic rings. The minimum absolute atomic E-state index is 0.247. The number of hydrogen-bond donors (Lipinski definition) is 0. The third-order valence-corrected chi connectivity index (χ3v) is 3.95. The number of rotatable bonds is 5. The highest BCUT2D eigenvalue weighted by Gasteiger charge is 2.09. The summed E-state index contributed by atoms with van der Waals surface area (Å²) in [6.07, 6.45) is 1.12. The third kappa shape index (κ3) is 4.01. The number of hydrogen-bond acceptors (Lipinski definition) is 2. The SMILES string of the molecule is CCC(C)SCC(=O)c1cc(C)cc(C)c1. The summed E-state index contributed by atoms with van der Waals surface area (Å²) in [6, 6.07) is 6.05. The summed E-state index contributed by atoms with van der Waals surface area (Å²) in [5.41, 5.74) is 3.18. The van der Waals surface area contributed by atoms with Crippen LogP contribution in [-0.4, -0.2) is 16.8 Å². The lowest BCUT2D eigenvalue weighted by Crippen LogP contribution is -2.06. The quantitative estimate of drug-likeness (QED) is 0.718. The van der Waals surface area contributed by atoms with Gasteiger partial charge in [-0.15, -0.1) is 0 Å². The molecule has 0 aliphatic heterocycles. The lowest BCUT2D eigenvalue weighted by molar-refractivity contribution is 0.102. The van der Waals surface area contributed by atoms with Crippen LogP contribution in [0.5, 0.6) is 0 Å². The molecule has 0 aromatic heterocycles. The summed E-state index contributed by atoms with van der Waals surface area (Å²) in [4.78, 5) is 11.9. The van der Waals surface area contributed by atoms with Crippen molar-refractivity contribution in [1.29, 1.82) is 0 Å². The van der Waals surface area contributed by atoms with Gasteiger partial charge in [0.25, 0.3) is 0 Å². The highest BCUT2D eigenvalue weighted by atomic mass is 32.2. The molecule has 1 rings (SSSR count). The normalized spacial score (nSPS) is 12.5. The van der Waals surface area contributed by atoms with Gasteiger partial charge in [-0.1, -0.05) is 31.0 Å². The summed E-state index contributed by atoms with van der Waals surface area (Å²) < 4.78 is 0. The van der Waals surface area contributed by atoms with E-state index in [0.717, 1.165) is 23.1 Å². The van der Waals surface area contributed by atoms with E-state index in [1.807, 2.05) is 26.0 Å². The number of aryl methyl sites for hydroxylation is 2. The summed E-state index contributed by atoms with van der Waals surface area (Å²) in [5.74, 6) is 0.842. The first-order valence-corrected chi connectivity index (χ1v) is 6.81. The summed E-state index contributed by atoms with van der Waals surface area (Å²) in [7, 11) is 0. The Labute approximate surface area is 103 Å². The van der Waals surface area contributed by atoms with Gasteiger partial charge in [-0.3, -0.25) is 4.79 Å². The molecule has 0 radical (unpaired) electrons. The van der Waals surface area contributed by atoms with Gasteiger partial charge in [0.1, 0.15) is 0 Å². The Balaban J connectivity index is 2.66. The van der Waals surface area contributed by atoms with E-state index in [2.05, 4.69) is 19.9 Å². The van der Waals surface area contributed by atoms with Gasteiger partial charge in [-0.05, 0) is 32.4 Å². The topological polar surface area (TPSA) is 17.1 Å². The Morgan fingerprint density at radius 3 is 2.31 bits per heavy atom. The highest BCUT2D eigenvalue weighted by Crippen LogP contribution is 2.17. The molecule has 0 heterocycles. The zero-order valence-corrected chi connectivity index (χ0v) is 11.4. The first-order valence-electron chi connectivity index (χ1n) is 5.76. The predicted molar refractivity (Wildman–Crippen MR) is 72.5 cm³/mol. The van der Waals surface area contributed by atoms with Crippen LogP contribution in [0.25, 0.3) is 0 Å². The van der Waals surface area contributed by atoms with E-state index in [0.29, 0.717) is 11.0 Å². The van der Waals surface area contributed by atoms with Crippen molar-refractivity contribution >= 4 is 17.5 Å². The van der Waals surface area contributed by atoms with Gasteiger partial charge in [0.15, 0.2) is 5.78 Å². The molecule has 0 bridgehead atoms. The molecular weight excluding hydrogens is 216 g/mol. The predicted octanol–water partition coefficient (Wildman–Crippen LogP) is 4.02. The minimum Gasteiger partial charge on any atom is -0.293 e. The number of ketones is 1. The molecule has 0 amide bonds. The van der Waals surface area contributed by atoms with Crippen LogP contribution in [0.2, 0.25) is 0 Å². The van der Waals surface area contributed by atoms with E-state index < -0.39 is 0 Å². The summed E-state index contributed by atoms with van der Waals surface area (Å²) in [6.45, 7) is 8.38. The zero-order valence-electron chi connectivity index (χ0n) is 10.5. The van der Waals surface area contributed by atoms with Gasteiger partial charge in [0.05, 0.1) is 5.75 Å². The second-order valence-corrected chi connectivity index (χ2v) is 5.76. The van der Waals surface area contributed by atoms with Crippen molar-refractivity contribution < 1.29 is 4.79 Å². The smallest absolute Gasteiger partial charge is 0.172 e. The molecule has 16 heavy (non-hydrogen) atoms. The Kier molecular flexibility index (Phi) is 5.07. The second-order valence-electron chi connectivity index (χ2n) is 4.33. The van der Waals surface area contributed by atoms with Crippen LogP contribution in [0.3, 0.4) is 0 Å². The molecular formula is C14H20OS. The molecule has 2 heteroatoms. The fraction of sp³-hybridized carbons (Fsp3) is 0.500. The van der Waals surface area contributed by atoms with E-state index in [-0.39, 0.29) is 5.78 Å². The maximum atomic E-state index is 11.9. The molecule has 1 nitrogen and oxygen atoms in total.